The Balaban J connectivity index is 1.91. The number of hydrogen-bond acceptors (Lipinski definition) is 4. The Kier molecular flexibility index (Phi) is 4.30. The number of amides is 3. The predicted molar refractivity (Wildman–Crippen MR) is 89.7 cm³/mol. The Morgan fingerprint density at radius 2 is 1.80 bits per heavy atom. The van der Waals surface area contributed by atoms with E-state index in [0.29, 0.717) is 5.52 Å². The van der Waals surface area contributed by atoms with Crippen molar-refractivity contribution in [2.75, 3.05) is 0 Å². The lowest BCUT2D eigenvalue weighted by atomic mass is 10.1. The van der Waals surface area contributed by atoms with Gasteiger partial charge in [-0.2, -0.15) is 0 Å². The zero-order chi connectivity index (χ0) is 18.1. The van der Waals surface area contributed by atoms with E-state index in [0.717, 1.165) is 31.2 Å². The standard InChI is InChI=1S/C16H19N5O4/c17-13(22)12(14(18)23)20-15(24)8-5-6-11-10(7-8)19-16(25)21(11)9-3-1-2-4-9/h5-7,9,12H,1-4H2,(H2,17,22)(H2,18,23)(H,19,25)(H,20,24). The highest BCUT2D eigenvalue weighted by atomic mass is 16.2. The minimum absolute atomic E-state index is 0.162. The van der Waals surface area contributed by atoms with Gasteiger partial charge in [0.05, 0.1) is 11.0 Å². The maximum atomic E-state index is 12.2. The van der Waals surface area contributed by atoms with Gasteiger partial charge in [-0.1, -0.05) is 12.8 Å². The molecular formula is C16H19N5O4. The second-order valence-electron chi connectivity index (χ2n) is 6.18. The molecule has 1 aromatic carbocycles. The van der Waals surface area contributed by atoms with E-state index in [4.69, 9.17) is 11.5 Å². The maximum Gasteiger partial charge on any atom is 0.326 e. The molecule has 6 N–H and O–H groups in total. The second-order valence-corrected chi connectivity index (χ2v) is 6.18. The number of fused-ring (bicyclic) bond motifs is 1. The van der Waals surface area contributed by atoms with Crippen molar-refractivity contribution >= 4 is 28.8 Å². The summed E-state index contributed by atoms with van der Waals surface area (Å²) in [5.41, 5.74) is 11.3. The number of H-pyrrole nitrogens is 1. The number of aromatic amines is 1. The summed E-state index contributed by atoms with van der Waals surface area (Å²) in [7, 11) is 0. The van der Waals surface area contributed by atoms with Crippen molar-refractivity contribution < 1.29 is 14.4 Å². The number of aromatic nitrogens is 2. The molecular weight excluding hydrogens is 326 g/mol. The van der Waals surface area contributed by atoms with Crippen LogP contribution in [0.1, 0.15) is 42.1 Å². The second kappa shape index (κ2) is 6.42. The highest BCUT2D eigenvalue weighted by Crippen LogP contribution is 2.30. The zero-order valence-electron chi connectivity index (χ0n) is 13.5. The third-order valence-corrected chi connectivity index (χ3v) is 4.51. The fourth-order valence-electron chi connectivity index (χ4n) is 3.29. The molecule has 0 spiro atoms. The topological polar surface area (TPSA) is 153 Å². The highest BCUT2D eigenvalue weighted by molar-refractivity contribution is 6.08. The molecule has 1 aliphatic carbocycles. The largest absolute Gasteiger partial charge is 0.367 e. The molecule has 0 radical (unpaired) electrons. The number of nitrogens with one attached hydrogen (secondary N) is 2. The molecule has 1 saturated carbocycles. The molecule has 0 aliphatic heterocycles. The highest BCUT2D eigenvalue weighted by Gasteiger charge is 2.25. The number of imidazole rings is 1. The average molecular weight is 345 g/mol. The first-order chi connectivity index (χ1) is 11.9. The van der Waals surface area contributed by atoms with Crippen LogP contribution in [0.5, 0.6) is 0 Å². The molecule has 1 heterocycles. The number of carbonyl (C=O) groups excluding carboxylic acids is 3. The average Bonchev–Trinajstić information content (AvgIpc) is 3.17. The van der Waals surface area contributed by atoms with Crippen LogP contribution in [0.15, 0.2) is 23.0 Å². The molecule has 0 saturated heterocycles. The molecule has 132 valence electrons. The molecule has 0 atom stereocenters. The van der Waals surface area contributed by atoms with Gasteiger partial charge in [0.2, 0.25) is 11.8 Å². The van der Waals surface area contributed by atoms with Gasteiger partial charge >= 0.3 is 5.69 Å². The van der Waals surface area contributed by atoms with Gasteiger partial charge in [0.1, 0.15) is 0 Å². The van der Waals surface area contributed by atoms with E-state index in [9.17, 15) is 19.2 Å². The number of hydrogen-bond donors (Lipinski definition) is 4. The fourth-order valence-corrected chi connectivity index (χ4v) is 3.29. The molecule has 1 aromatic heterocycles. The summed E-state index contributed by atoms with van der Waals surface area (Å²) in [6.45, 7) is 0. The summed E-state index contributed by atoms with van der Waals surface area (Å²) in [5, 5.41) is 2.19. The SMILES string of the molecule is NC(=O)C(NC(=O)c1ccc2c(c1)[nH]c(=O)n2C1CCCC1)C(N)=O. The molecule has 1 fully saturated rings. The van der Waals surface area contributed by atoms with Gasteiger partial charge in [-0.15, -0.1) is 0 Å². The number of primary amides is 2. The van der Waals surface area contributed by atoms with Gasteiger partial charge in [0.15, 0.2) is 6.04 Å². The first-order valence-corrected chi connectivity index (χ1v) is 8.02. The summed E-state index contributed by atoms with van der Waals surface area (Å²) >= 11 is 0. The van der Waals surface area contributed by atoms with Crippen LogP contribution >= 0.6 is 0 Å². The van der Waals surface area contributed by atoms with Gasteiger partial charge in [-0.25, -0.2) is 4.79 Å². The Morgan fingerprint density at radius 1 is 1.16 bits per heavy atom. The van der Waals surface area contributed by atoms with Crippen molar-refractivity contribution in [2.24, 2.45) is 11.5 Å². The predicted octanol–water partition coefficient (Wildman–Crippen LogP) is -0.486. The first kappa shape index (κ1) is 16.7. The monoisotopic (exact) mass is 345 g/mol. The van der Waals surface area contributed by atoms with Crippen LogP contribution < -0.4 is 22.5 Å². The van der Waals surface area contributed by atoms with Crippen LogP contribution in [-0.4, -0.2) is 33.3 Å². The van der Waals surface area contributed by atoms with E-state index >= 15 is 0 Å². The summed E-state index contributed by atoms with van der Waals surface area (Å²) in [4.78, 5) is 49.6. The fraction of sp³-hybridized carbons (Fsp3) is 0.375. The number of carbonyl (C=O) groups is 3. The van der Waals surface area contributed by atoms with Crippen molar-refractivity contribution in [3.63, 3.8) is 0 Å². The normalized spacial score (nSPS) is 14.9. The molecule has 0 unspecified atom stereocenters. The van der Waals surface area contributed by atoms with Gasteiger partial charge in [-0.05, 0) is 31.0 Å². The van der Waals surface area contributed by atoms with Gasteiger partial charge in [0, 0.05) is 11.6 Å². The van der Waals surface area contributed by atoms with E-state index in [1.54, 1.807) is 10.6 Å². The van der Waals surface area contributed by atoms with Gasteiger partial charge < -0.3 is 21.8 Å². The van der Waals surface area contributed by atoms with Crippen LogP contribution in [-0.2, 0) is 9.59 Å². The lowest BCUT2D eigenvalue weighted by Crippen LogP contribution is -2.52. The molecule has 9 heteroatoms. The van der Waals surface area contributed by atoms with Crippen molar-refractivity contribution in [3.05, 3.63) is 34.2 Å². The van der Waals surface area contributed by atoms with Crippen LogP contribution in [0.25, 0.3) is 11.0 Å². The van der Waals surface area contributed by atoms with E-state index in [2.05, 4.69) is 10.3 Å². The molecule has 0 bridgehead atoms. The van der Waals surface area contributed by atoms with E-state index < -0.39 is 23.8 Å². The van der Waals surface area contributed by atoms with Crippen LogP contribution in [0.3, 0.4) is 0 Å². The molecule has 25 heavy (non-hydrogen) atoms. The van der Waals surface area contributed by atoms with Crippen LogP contribution in [0.4, 0.5) is 0 Å². The minimum Gasteiger partial charge on any atom is -0.367 e. The number of rotatable bonds is 5. The lowest BCUT2D eigenvalue weighted by Gasteiger charge is -2.13. The summed E-state index contributed by atoms with van der Waals surface area (Å²) in [6, 6.07) is 3.26. The third kappa shape index (κ3) is 3.12. The third-order valence-electron chi connectivity index (χ3n) is 4.51. The maximum absolute atomic E-state index is 12.2. The van der Waals surface area contributed by atoms with Crippen molar-refractivity contribution in [1.29, 1.82) is 0 Å². The Hall–Kier alpha value is -3.10. The summed E-state index contributed by atoms with van der Waals surface area (Å²) in [5.74, 6) is -2.76. The molecule has 1 aliphatic rings. The Labute approximate surface area is 142 Å². The number of nitrogens with zero attached hydrogens (tertiary/aromatic N) is 1. The first-order valence-electron chi connectivity index (χ1n) is 8.02. The molecule has 3 rings (SSSR count). The number of benzene rings is 1. The van der Waals surface area contributed by atoms with Crippen molar-refractivity contribution in [3.8, 4) is 0 Å². The number of nitrogens with two attached hydrogens (primary N) is 2. The van der Waals surface area contributed by atoms with Gasteiger partial charge in [0.25, 0.3) is 5.91 Å². The van der Waals surface area contributed by atoms with E-state index in [-0.39, 0.29) is 17.3 Å². The smallest absolute Gasteiger partial charge is 0.326 e. The summed E-state index contributed by atoms with van der Waals surface area (Å²) < 4.78 is 1.72. The quantitative estimate of drug-likeness (QED) is 0.540. The molecule has 2 aromatic rings. The van der Waals surface area contributed by atoms with Crippen molar-refractivity contribution in [1.82, 2.24) is 14.9 Å². The molecule has 9 nitrogen and oxygen atoms in total. The van der Waals surface area contributed by atoms with E-state index in [1.807, 2.05) is 0 Å². The summed E-state index contributed by atoms with van der Waals surface area (Å²) in [6.07, 6.45) is 4.08. The lowest BCUT2D eigenvalue weighted by molar-refractivity contribution is -0.128. The Morgan fingerprint density at radius 3 is 2.40 bits per heavy atom. The molecule has 3 amide bonds. The van der Waals surface area contributed by atoms with Crippen molar-refractivity contribution in [2.45, 2.75) is 37.8 Å². The Bertz CT molecular complexity index is 893. The van der Waals surface area contributed by atoms with Crippen LogP contribution in [0, 0.1) is 0 Å². The van der Waals surface area contributed by atoms with E-state index in [1.165, 1.54) is 12.1 Å². The van der Waals surface area contributed by atoms with Crippen LogP contribution in [0.2, 0.25) is 0 Å². The zero-order valence-corrected chi connectivity index (χ0v) is 13.5. The van der Waals surface area contributed by atoms with Gasteiger partial charge in [-0.3, -0.25) is 19.0 Å². The minimum atomic E-state index is -1.59.